The van der Waals surface area contributed by atoms with E-state index < -0.39 is 6.17 Å². The van der Waals surface area contributed by atoms with Crippen molar-refractivity contribution < 1.29 is 9.13 Å². The summed E-state index contributed by atoms with van der Waals surface area (Å²) in [6.45, 7) is 2.45. The van der Waals surface area contributed by atoms with Gasteiger partial charge in [-0.1, -0.05) is 0 Å². The van der Waals surface area contributed by atoms with Gasteiger partial charge in [0, 0.05) is 19.4 Å². The van der Waals surface area contributed by atoms with Crippen LogP contribution in [-0.2, 0) is 4.74 Å². The third-order valence-corrected chi connectivity index (χ3v) is 2.67. The monoisotopic (exact) mass is 211 g/mol. The lowest BCUT2D eigenvalue weighted by Gasteiger charge is -2.26. The van der Waals surface area contributed by atoms with Crippen LogP contribution in [-0.4, -0.2) is 42.4 Å². The minimum atomic E-state index is -0.948. The highest BCUT2D eigenvalue weighted by atomic mass is 19.1. The van der Waals surface area contributed by atoms with Crippen LogP contribution in [0, 0.1) is 6.92 Å². The van der Waals surface area contributed by atoms with Crippen molar-refractivity contribution in [2.24, 2.45) is 0 Å². The Morgan fingerprint density at radius 3 is 2.73 bits per heavy atom. The number of likely N-dealkylation sites (N-methyl/N-ethyl adjacent to an activating group) is 1. The van der Waals surface area contributed by atoms with Gasteiger partial charge in [0.25, 0.3) is 0 Å². The van der Waals surface area contributed by atoms with Crippen LogP contribution in [0.4, 0.5) is 10.2 Å². The maximum atomic E-state index is 13.4. The van der Waals surface area contributed by atoms with Gasteiger partial charge in [0.15, 0.2) is 0 Å². The fraction of sp³-hybridized carbons (Fsp3) is 0.600. The Bertz CT molecular complexity index is 347. The summed E-state index contributed by atoms with van der Waals surface area (Å²) in [5, 5.41) is 0. The number of nitrogens with zero attached hydrogens (tertiary/aromatic N) is 3. The van der Waals surface area contributed by atoms with E-state index in [1.165, 1.54) is 0 Å². The molecule has 82 valence electrons. The first-order valence-electron chi connectivity index (χ1n) is 4.92. The summed E-state index contributed by atoms with van der Waals surface area (Å²) in [6, 6.07) is -0.250. The highest BCUT2D eigenvalue weighted by molar-refractivity contribution is 5.43. The van der Waals surface area contributed by atoms with Crippen molar-refractivity contribution in [1.82, 2.24) is 9.97 Å². The lowest BCUT2D eigenvalue weighted by molar-refractivity contribution is 0.173. The normalized spacial score (nSPS) is 25.5. The molecule has 0 spiro atoms. The lowest BCUT2D eigenvalue weighted by atomic mass is 10.2. The molecule has 0 bridgehead atoms. The molecule has 15 heavy (non-hydrogen) atoms. The molecular weight excluding hydrogens is 197 g/mol. The number of hydrogen-bond donors (Lipinski definition) is 0. The van der Waals surface area contributed by atoms with Crippen LogP contribution in [0.1, 0.15) is 5.69 Å². The zero-order valence-corrected chi connectivity index (χ0v) is 8.85. The van der Waals surface area contributed by atoms with Gasteiger partial charge in [-0.3, -0.25) is 4.98 Å². The molecule has 2 rings (SSSR count). The summed E-state index contributed by atoms with van der Waals surface area (Å²) in [6.07, 6.45) is 2.29. The fourth-order valence-corrected chi connectivity index (χ4v) is 1.77. The maximum absolute atomic E-state index is 13.4. The number of ether oxygens (including phenoxy) is 1. The van der Waals surface area contributed by atoms with Crippen molar-refractivity contribution in [2.75, 3.05) is 25.2 Å². The molecule has 0 aromatic carbocycles. The second-order valence-corrected chi connectivity index (χ2v) is 3.70. The second kappa shape index (κ2) is 4.10. The van der Waals surface area contributed by atoms with E-state index in [0.717, 1.165) is 11.5 Å². The van der Waals surface area contributed by atoms with Crippen LogP contribution < -0.4 is 4.90 Å². The van der Waals surface area contributed by atoms with Gasteiger partial charge in [-0.25, -0.2) is 9.37 Å². The topological polar surface area (TPSA) is 38.2 Å². The average Bonchev–Trinajstić information content (AvgIpc) is 2.64. The van der Waals surface area contributed by atoms with Crippen LogP contribution in [0.15, 0.2) is 12.4 Å². The number of hydrogen-bond acceptors (Lipinski definition) is 4. The number of rotatable bonds is 2. The molecule has 2 heterocycles. The highest BCUT2D eigenvalue weighted by Crippen LogP contribution is 2.21. The Hall–Kier alpha value is -1.23. The van der Waals surface area contributed by atoms with Gasteiger partial charge in [-0.2, -0.15) is 0 Å². The lowest BCUT2D eigenvalue weighted by Crippen LogP contribution is -2.39. The van der Waals surface area contributed by atoms with Gasteiger partial charge in [0.05, 0.1) is 24.9 Å². The Balaban J connectivity index is 2.20. The van der Waals surface area contributed by atoms with Gasteiger partial charge in [-0.05, 0) is 6.92 Å². The summed E-state index contributed by atoms with van der Waals surface area (Å²) in [7, 11) is 1.82. The van der Waals surface area contributed by atoms with Gasteiger partial charge in [0.1, 0.15) is 12.0 Å². The largest absolute Gasteiger partial charge is 0.376 e. The standard InChI is InChI=1S/C10H14FN3O/c1-7-10(13-4-3-12-7)14(2)9-6-15-5-8(9)11/h3-4,8-9H,5-6H2,1-2H3. The van der Waals surface area contributed by atoms with Crippen molar-refractivity contribution in [2.45, 2.75) is 19.1 Å². The van der Waals surface area contributed by atoms with E-state index in [4.69, 9.17) is 4.74 Å². The predicted octanol–water partition coefficient (Wildman–Crippen LogP) is 0.958. The molecule has 0 radical (unpaired) electrons. The van der Waals surface area contributed by atoms with Crippen molar-refractivity contribution in [3.63, 3.8) is 0 Å². The Kier molecular flexibility index (Phi) is 2.81. The molecule has 1 saturated heterocycles. The first-order chi connectivity index (χ1) is 7.20. The minimum Gasteiger partial charge on any atom is -0.376 e. The van der Waals surface area contributed by atoms with E-state index >= 15 is 0 Å². The number of anilines is 1. The van der Waals surface area contributed by atoms with Crippen LogP contribution in [0.2, 0.25) is 0 Å². The SMILES string of the molecule is Cc1nccnc1N(C)C1COCC1F. The van der Waals surface area contributed by atoms with Crippen LogP contribution in [0.5, 0.6) is 0 Å². The smallest absolute Gasteiger partial charge is 0.150 e. The first-order valence-corrected chi connectivity index (χ1v) is 4.92. The predicted molar refractivity (Wildman–Crippen MR) is 54.7 cm³/mol. The van der Waals surface area contributed by atoms with Gasteiger partial charge in [0.2, 0.25) is 0 Å². The van der Waals surface area contributed by atoms with Gasteiger partial charge < -0.3 is 9.64 Å². The van der Waals surface area contributed by atoms with Crippen molar-refractivity contribution in [1.29, 1.82) is 0 Å². The first kappa shape index (κ1) is 10.3. The van der Waals surface area contributed by atoms with E-state index in [0.29, 0.717) is 6.61 Å². The quantitative estimate of drug-likeness (QED) is 0.730. The molecule has 1 aromatic rings. The van der Waals surface area contributed by atoms with Crippen LogP contribution >= 0.6 is 0 Å². The van der Waals surface area contributed by atoms with E-state index in [2.05, 4.69) is 9.97 Å². The molecule has 4 nitrogen and oxygen atoms in total. The molecule has 0 saturated carbocycles. The van der Waals surface area contributed by atoms with Crippen LogP contribution in [0.3, 0.4) is 0 Å². The Labute approximate surface area is 88.1 Å². The number of halogens is 1. The van der Waals surface area contributed by atoms with Crippen LogP contribution in [0.25, 0.3) is 0 Å². The highest BCUT2D eigenvalue weighted by Gasteiger charge is 2.32. The van der Waals surface area contributed by atoms with E-state index in [1.807, 2.05) is 14.0 Å². The van der Waals surface area contributed by atoms with Gasteiger partial charge in [-0.15, -0.1) is 0 Å². The molecule has 1 aliphatic rings. The molecule has 1 fully saturated rings. The molecule has 5 heteroatoms. The van der Waals surface area contributed by atoms with Gasteiger partial charge >= 0.3 is 0 Å². The van der Waals surface area contributed by atoms with Crippen molar-refractivity contribution >= 4 is 5.82 Å². The molecular formula is C10H14FN3O. The maximum Gasteiger partial charge on any atom is 0.150 e. The third-order valence-electron chi connectivity index (χ3n) is 2.67. The molecule has 0 N–H and O–H groups in total. The number of alkyl halides is 1. The zero-order valence-electron chi connectivity index (χ0n) is 8.85. The number of aromatic nitrogens is 2. The second-order valence-electron chi connectivity index (χ2n) is 3.70. The average molecular weight is 211 g/mol. The van der Waals surface area contributed by atoms with Crippen molar-refractivity contribution in [3.05, 3.63) is 18.1 Å². The molecule has 1 aromatic heterocycles. The van der Waals surface area contributed by atoms with E-state index in [9.17, 15) is 4.39 Å². The molecule has 2 atom stereocenters. The molecule has 2 unspecified atom stereocenters. The fourth-order valence-electron chi connectivity index (χ4n) is 1.77. The molecule has 0 amide bonds. The summed E-state index contributed by atoms with van der Waals surface area (Å²) >= 11 is 0. The molecule has 0 aliphatic carbocycles. The van der Waals surface area contributed by atoms with Crippen molar-refractivity contribution in [3.8, 4) is 0 Å². The third kappa shape index (κ3) is 1.92. The van der Waals surface area contributed by atoms with E-state index in [-0.39, 0.29) is 12.6 Å². The minimum absolute atomic E-state index is 0.175. The summed E-state index contributed by atoms with van der Waals surface area (Å²) in [5.41, 5.74) is 0.805. The number of aryl methyl sites for hydroxylation is 1. The Morgan fingerprint density at radius 1 is 1.40 bits per heavy atom. The van der Waals surface area contributed by atoms with E-state index in [1.54, 1.807) is 17.3 Å². The molecule has 1 aliphatic heterocycles. The summed E-state index contributed by atoms with van der Waals surface area (Å²) in [5.74, 6) is 0.718. The zero-order chi connectivity index (χ0) is 10.8. The summed E-state index contributed by atoms with van der Waals surface area (Å²) < 4.78 is 18.5. The summed E-state index contributed by atoms with van der Waals surface area (Å²) in [4.78, 5) is 10.1. The Morgan fingerprint density at radius 2 is 2.13 bits per heavy atom.